The van der Waals surface area contributed by atoms with Gasteiger partial charge in [0.15, 0.2) is 0 Å². The van der Waals surface area contributed by atoms with Crippen molar-refractivity contribution in [3.8, 4) is 5.75 Å². The van der Waals surface area contributed by atoms with Gasteiger partial charge in [-0.3, -0.25) is 0 Å². The van der Waals surface area contributed by atoms with E-state index < -0.39 is 0 Å². The Morgan fingerprint density at radius 2 is 2.05 bits per heavy atom. The number of hydrogen-bond donors (Lipinski definition) is 2. The predicted octanol–water partition coefficient (Wildman–Crippen LogP) is 2.88. The molecule has 3 rings (SSSR count). The summed E-state index contributed by atoms with van der Waals surface area (Å²) < 4.78 is 5.51. The number of methoxy groups -OCH3 is 1. The average Bonchev–Trinajstić information content (AvgIpc) is 3.00. The van der Waals surface area contributed by atoms with Crippen molar-refractivity contribution >= 4 is 10.8 Å². The topological polar surface area (TPSA) is 41.5 Å². The Morgan fingerprint density at radius 3 is 2.81 bits per heavy atom. The summed E-state index contributed by atoms with van der Waals surface area (Å²) in [5, 5.41) is 15.2. The van der Waals surface area contributed by atoms with E-state index in [4.69, 9.17) is 4.74 Å². The maximum Gasteiger partial charge on any atom is 0.123 e. The summed E-state index contributed by atoms with van der Waals surface area (Å²) in [4.78, 5) is 0. The smallest absolute Gasteiger partial charge is 0.123 e. The van der Waals surface area contributed by atoms with E-state index in [-0.39, 0.29) is 12.5 Å². The van der Waals surface area contributed by atoms with Gasteiger partial charge in [-0.25, -0.2) is 0 Å². The molecule has 0 heterocycles. The second-order valence-corrected chi connectivity index (χ2v) is 5.52. The highest BCUT2D eigenvalue weighted by Gasteiger charge is 2.18. The Balaban J connectivity index is 1.81. The minimum Gasteiger partial charge on any atom is -0.496 e. The molecule has 2 N–H and O–H groups in total. The number of nitrogens with one attached hydrogen (secondary N) is 1. The molecule has 3 heteroatoms. The van der Waals surface area contributed by atoms with Gasteiger partial charge in [-0.05, 0) is 23.3 Å². The lowest BCUT2D eigenvalue weighted by atomic mass is 10.0. The maximum atomic E-state index is 9.19. The van der Waals surface area contributed by atoms with E-state index in [0.717, 1.165) is 18.7 Å². The molecule has 0 saturated carbocycles. The van der Waals surface area contributed by atoms with Crippen LogP contribution in [0.1, 0.15) is 12.0 Å². The van der Waals surface area contributed by atoms with Gasteiger partial charge < -0.3 is 15.2 Å². The zero-order valence-corrected chi connectivity index (χ0v) is 12.3. The van der Waals surface area contributed by atoms with Gasteiger partial charge in [0.2, 0.25) is 0 Å². The molecule has 2 aromatic rings. The van der Waals surface area contributed by atoms with Crippen LogP contribution >= 0.6 is 0 Å². The summed E-state index contributed by atoms with van der Waals surface area (Å²) in [7, 11) is 1.71. The second-order valence-electron chi connectivity index (χ2n) is 5.52. The van der Waals surface area contributed by atoms with Gasteiger partial charge in [-0.1, -0.05) is 42.5 Å². The van der Waals surface area contributed by atoms with Crippen molar-refractivity contribution in [2.75, 3.05) is 13.7 Å². The first-order valence-electron chi connectivity index (χ1n) is 7.39. The Hall–Kier alpha value is -1.84. The van der Waals surface area contributed by atoms with Crippen LogP contribution in [-0.4, -0.2) is 24.9 Å². The molecule has 21 heavy (non-hydrogen) atoms. The highest BCUT2D eigenvalue weighted by Crippen LogP contribution is 2.28. The number of fused-ring (bicyclic) bond motifs is 1. The SMILES string of the molecule is COc1ccc2ccccc2c1CN[C@@H]1C=C[C@H](CO)C1. The van der Waals surface area contributed by atoms with Crippen LogP contribution in [0.25, 0.3) is 10.8 Å². The second kappa shape index (κ2) is 6.29. The lowest BCUT2D eigenvalue weighted by Crippen LogP contribution is -2.26. The number of benzene rings is 2. The quantitative estimate of drug-likeness (QED) is 0.829. The normalized spacial score (nSPS) is 21.0. The summed E-state index contributed by atoms with van der Waals surface area (Å²) in [5.41, 5.74) is 1.19. The Bertz CT molecular complexity index is 651. The van der Waals surface area contributed by atoms with Gasteiger partial charge in [0.1, 0.15) is 5.75 Å². The van der Waals surface area contributed by atoms with Gasteiger partial charge in [0.05, 0.1) is 7.11 Å². The Kier molecular flexibility index (Phi) is 4.23. The molecule has 0 aromatic heterocycles. The molecule has 0 aliphatic heterocycles. The van der Waals surface area contributed by atoms with Crippen LogP contribution in [0.5, 0.6) is 5.75 Å². The molecule has 2 atom stereocenters. The molecule has 3 nitrogen and oxygen atoms in total. The number of hydrogen-bond acceptors (Lipinski definition) is 3. The average molecular weight is 283 g/mol. The van der Waals surface area contributed by atoms with Crippen LogP contribution in [-0.2, 0) is 6.54 Å². The molecular weight excluding hydrogens is 262 g/mol. The zero-order chi connectivity index (χ0) is 14.7. The highest BCUT2D eigenvalue weighted by atomic mass is 16.5. The summed E-state index contributed by atoms with van der Waals surface area (Å²) >= 11 is 0. The van der Waals surface area contributed by atoms with E-state index in [0.29, 0.717) is 6.04 Å². The number of aliphatic hydroxyl groups excluding tert-OH is 1. The lowest BCUT2D eigenvalue weighted by Gasteiger charge is -2.16. The van der Waals surface area contributed by atoms with Crippen LogP contribution in [0.4, 0.5) is 0 Å². The minimum atomic E-state index is 0.228. The molecule has 0 saturated heterocycles. The highest BCUT2D eigenvalue weighted by molar-refractivity contribution is 5.87. The predicted molar refractivity (Wildman–Crippen MR) is 85.5 cm³/mol. The monoisotopic (exact) mass is 283 g/mol. The first-order valence-corrected chi connectivity index (χ1v) is 7.39. The fraction of sp³-hybridized carbons (Fsp3) is 0.333. The molecule has 0 spiro atoms. The summed E-state index contributed by atoms with van der Waals surface area (Å²) in [6, 6.07) is 12.8. The van der Waals surface area contributed by atoms with Crippen molar-refractivity contribution in [3.05, 3.63) is 54.1 Å². The van der Waals surface area contributed by atoms with Gasteiger partial charge >= 0.3 is 0 Å². The summed E-state index contributed by atoms with van der Waals surface area (Å²) in [6.07, 6.45) is 5.21. The van der Waals surface area contributed by atoms with Gasteiger partial charge in [0, 0.05) is 30.7 Å². The third-order valence-electron chi connectivity index (χ3n) is 4.17. The molecule has 0 bridgehead atoms. The van der Waals surface area contributed by atoms with Crippen molar-refractivity contribution in [3.63, 3.8) is 0 Å². The minimum absolute atomic E-state index is 0.228. The van der Waals surface area contributed by atoms with Crippen molar-refractivity contribution in [2.24, 2.45) is 5.92 Å². The summed E-state index contributed by atoms with van der Waals surface area (Å²) in [6.45, 7) is 0.990. The van der Waals surface area contributed by atoms with Crippen LogP contribution in [0.3, 0.4) is 0 Å². The Labute approximate surface area is 125 Å². The molecule has 1 aliphatic rings. The molecule has 0 fully saturated rings. The number of rotatable bonds is 5. The van der Waals surface area contributed by atoms with E-state index in [2.05, 4.69) is 47.8 Å². The fourth-order valence-electron chi connectivity index (χ4n) is 2.98. The van der Waals surface area contributed by atoms with E-state index in [1.165, 1.54) is 16.3 Å². The number of ether oxygens (including phenoxy) is 1. The Morgan fingerprint density at radius 1 is 1.19 bits per heavy atom. The maximum absolute atomic E-state index is 9.19. The molecule has 0 amide bonds. The van der Waals surface area contributed by atoms with E-state index in [1.54, 1.807) is 7.11 Å². The molecule has 2 aromatic carbocycles. The molecule has 1 aliphatic carbocycles. The number of aliphatic hydroxyl groups is 1. The molecule has 110 valence electrons. The molecule has 0 radical (unpaired) electrons. The van der Waals surface area contributed by atoms with Crippen LogP contribution in [0.2, 0.25) is 0 Å². The van der Waals surface area contributed by atoms with E-state index in [1.807, 2.05) is 6.07 Å². The molecule has 0 unspecified atom stereocenters. The molecular formula is C18H21NO2. The van der Waals surface area contributed by atoms with Gasteiger partial charge in [-0.2, -0.15) is 0 Å². The van der Waals surface area contributed by atoms with Gasteiger partial charge in [-0.15, -0.1) is 0 Å². The van der Waals surface area contributed by atoms with Crippen molar-refractivity contribution in [1.82, 2.24) is 5.32 Å². The lowest BCUT2D eigenvalue weighted by molar-refractivity contribution is 0.246. The third-order valence-corrected chi connectivity index (χ3v) is 4.17. The van der Waals surface area contributed by atoms with Crippen molar-refractivity contribution in [1.29, 1.82) is 0 Å². The van der Waals surface area contributed by atoms with Crippen molar-refractivity contribution in [2.45, 2.75) is 19.0 Å². The van der Waals surface area contributed by atoms with Crippen LogP contribution in [0, 0.1) is 5.92 Å². The largest absolute Gasteiger partial charge is 0.496 e. The van der Waals surface area contributed by atoms with E-state index in [9.17, 15) is 5.11 Å². The third kappa shape index (κ3) is 2.94. The first kappa shape index (κ1) is 14.1. The zero-order valence-electron chi connectivity index (χ0n) is 12.3. The van der Waals surface area contributed by atoms with Crippen LogP contribution < -0.4 is 10.1 Å². The van der Waals surface area contributed by atoms with Crippen molar-refractivity contribution < 1.29 is 9.84 Å². The summed E-state index contributed by atoms with van der Waals surface area (Å²) in [5.74, 6) is 1.21. The fourth-order valence-corrected chi connectivity index (χ4v) is 2.98. The standard InChI is InChI=1S/C18H21NO2/c1-21-18-9-7-14-4-2-3-5-16(14)17(18)11-19-15-8-6-13(10-15)12-20/h2-9,13,15,19-20H,10-12H2,1H3/t13-,15+/m0/s1. The van der Waals surface area contributed by atoms with Crippen LogP contribution in [0.15, 0.2) is 48.6 Å². The first-order chi connectivity index (χ1) is 10.3. The van der Waals surface area contributed by atoms with Gasteiger partial charge in [0.25, 0.3) is 0 Å². The van der Waals surface area contributed by atoms with E-state index >= 15 is 0 Å².